The zero-order valence-corrected chi connectivity index (χ0v) is 16.0. The summed E-state index contributed by atoms with van der Waals surface area (Å²) in [7, 11) is 0. The van der Waals surface area contributed by atoms with E-state index in [1.165, 1.54) is 5.57 Å². The third kappa shape index (κ3) is 3.43. The predicted octanol–water partition coefficient (Wildman–Crippen LogP) is 3.67. The molecule has 1 saturated carbocycles. The normalized spacial score (nSPS) is 37.0. The molecule has 0 aromatic carbocycles. The summed E-state index contributed by atoms with van der Waals surface area (Å²) >= 11 is 0. The fourth-order valence-corrected chi connectivity index (χ4v) is 5.03. The molecule has 1 aliphatic heterocycles. The van der Waals surface area contributed by atoms with Crippen LogP contribution in [0.2, 0.25) is 0 Å². The lowest BCUT2D eigenvalue weighted by Crippen LogP contribution is -2.47. The molecule has 1 fully saturated rings. The Morgan fingerprint density at radius 2 is 2.12 bits per heavy atom. The number of fused-ring (bicyclic) bond motifs is 1. The predicted molar refractivity (Wildman–Crippen MR) is 96.9 cm³/mol. The van der Waals surface area contributed by atoms with Crippen LogP contribution in [-0.2, 0) is 9.53 Å². The SMILES string of the molecule is CC(C)=CCCC(C)(O)[C@@H]1CC[C@@]2(C)OC3=C(C[C@@H]12)C(=O)CC[C@H]3O. The molecule has 0 saturated heterocycles. The lowest BCUT2D eigenvalue weighted by atomic mass is 9.70. The molecule has 0 aromatic heterocycles. The van der Waals surface area contributed by atoms with Crippen LogP contribution in [0.25, 0.3) is 0 Å². The van der Waals surface area contributed by atoms with Crippen molar-refractivity contribution in [1.82, 2.24) is 0 Å². The molecule has 1 heterocycles. The van der Waals surface area contributed by atoms with Gasteiger partial charge in [-0.2, -0.15) is 0 Å². The Bertz CT molecular complexity index is 611. The molecule has 0 amide bonds. The zero-order valence-electron chi connectivity index (χ0n) is 16.0. The molecule has 3 aliphatic rings. The van der Waals surface area contributed by atoms with E-state index < -0.39 is 11.7 Å². The lowest BCUT2D eigenvalue weighted by molar-refractivity contribution is -0.126. The molecule has 4 nitrogen and oxygen atoms in total. The second kappa shape index (κ2) is 6.55. The van der Waals surface area contributed by atoms with E-state index in [-0.39, 0.29) is 23.2 Å². The van der Waals surface area contributed by atoms with E-state index in [1.54, 1.807) is 0 Å². The summed E-state index contributed by atoms with van der Waals surface area (Å²) in [5.41, 5.74) is 0.784. The van der Waals surface area contributed by atoms with Crippen molar-refractivity contribution in [3.8, 4) is 0 Å². The molecule has 0 radical (unpaired) electrons. The molecule has 2 N–H and O–H groups in total. The van der Waals surface area contributed by atoms with E-state index in [0.717, 1.165) is 25.7 Å². The Hall–Kier alpha value is -1.13. The van der Waals surface area contributed by atoms with Gasteiger partial charge in [0.2, 0.25) is 0 Å². The number of hydrogen-bond acceptors (Lipinski definition) is 4. The summed E-state index contributed by atoms with van der Waals surface area (Å²) in [6.07, 6.45) is 6.35. The molecular formula is C21H32O4. The first-order valence-electron chi connectivity index (χ1n) is 9.63. The fourth-order valence-electron chi connectivity index (χ4n) is 5.03. The van der Waals surface area contributed by atoms with Crippen LogP contribution in [0.4, 0.5) is 0 Å². The summed E-state index contributed by atoms with van der Waals surface area (Å²) in [5, 5.41) is 21.4. The standard InChI is InChI=1S/C21H32O4/c1-13(2)6-5-10-20(3,24)15-9-11-21(4)16(15)12-14-17(22)7-8-18(23)19(14)25-21/h6,15-16,18,23-24H,5,7-12H2,1-4H3/t15-,16+,18-,20?,21-/m1/s1. The Kier molecular flexibility index (Phi) is 4.89. The van der Waals surface area contributed by atoms with Crippen molar-refractivity contribution in [2.75, 3.05) is 0 Å². The monoisotopic (exact) mass is 348 g/mol. The van der Waals surface area contributed by atoms with Gasteiger partial charge in [-0.25, -0.2) is 0 Å². The number of Topliss-reactive ketones (excluding diaryl/α,β-unsaturated/α-hetero) is 1. The highest BCUT2D eigenvalue weighted by molar-refractivity contribution is 5.97. The third-order valence-corrected chi connectivity index (χ3v) is 6.57. The minimum atomic E-state index is -0.772. The highest BCUT2D eigenvalue weighted by atomic mass is 16.5. The van der Waals surface area contributed by atoms with Gasteiger partial charge in [-0.05, 0) is 72.1 Å². The first-order valence-corrected chi connectivity index (χ1v) is 9.63. The van der Waals surface area contributed by atoms with E-state index in [9.17, 15) is 15.0 Å². The number of ketones is 1. The summed E-state index contributed by atoms with van der Waals surface area (Å²) in [5.74, 6) is 0.864. The van der Waals surface area contributed by atoms with Crippen LogP contribution in [0.15, 0.2) is 23.0 Å². The van der Waals surface area contributed by atoms with Gasteiger partial charge in [-0.15, -0.1) is 0 Å². The first kappa shape index (κ1) is 18.7. The van der Waals surface area contributed by atoms with Crippen LogP contribution in [0.3, 0.4) is 0 Å². The van der Waals surface area contributed by atoms with Gasteiger partial charge in [0.1, 0.15) is 17.5 Å². The number of carbonyl (C=O) groups excluding carboxylic acids is 1. The molecule has 0 aromatic rings. The van der Waals surface area contributed by atoms with Crippen molar-refractivity contribution in [3.05, 3.63) is 23.0 Å². The maximum absolute atomic E-state index is 12.4. The highest BCUT2D eigenvalue weighted by Gasteiger charge is 2.56. The summed E-state index contributed by atoms with van der Waals surface area (Å²) in [4.78, 5) is 12.4. The summed E-state index contributed by atoms with van der Waals surface area (Å²) in [6, 6.07) is 0. The second-order valence-electron chi connectivity index (χ2n) is 8.87. The molecule has 4 heteroatoms. The molecule has 0 spiro atoms. The van der Waals surface area contributed by atoms with Gasteiger partial charge in [0, 0.05) is 17.9 Å². The first-order chi connectivity index (χ1) is 11.6. The van der Waals surface area contributed by atoms with E-state index in [2.05, 4.69) is 26.8 Å². The van der Waals surface area contributed by atoms with Gasteiger partial charge in [0.05, 0.1) is 5.60 Å². The number of aliphatic hydroxyl groups excluding tert-OH is 1. The molecule has 25 heavy (non-hydrogen) atoms. The van der Waals surface area contributed by atoms with Crippen LogP contribution in [0.1, 0.15) is 72.6 Å². The average molecular weight is 348 g/mol. The van der Waals surface area contributed by atoms with E-state index in [4.69, 9.17) is 4.74 Å². The zero-order chi connectivity index (χ0) is 18.4. The van der Waals surface area contributed by atoms with Crippen LogP contribution >= 0.6 is 0 Å². The quantitative estimate of drug-likeness (QED) is 0.761. The Morgan fingerprint density at radius 3 is 2.80 bits per heavy atom. The van der Waals surface area contributed by atoms with E-state index >= 15 is 0 Å². The maximum Gasteiger partial charge on any atom is 0.162 e. The number of hydrogen-bond donors (Lipinski definition) is 2. The summed E-state index contributed by atoms with van der Waals surface area (Å²) in [6.45, 7) is 8.16. The van der Waals surface area contributed by atoms with Crippen LogP contribution in [0, 0.1) is 11.8 Å². The summed E-state index contributed by atoms with van der Waals surface area (Å²) < 4.78 is 6.24. The highest BCUT2D eigenvalue weighted by Crippen LogP contribution is 2.55. The van der Waals surface area contributed by atoms with Crippen LogP contribution < -0.4 is 0 Å². The van der Waals surface area contributed by atoms with Crippen molar-refractivity contribution < 1.29 is 19.7 Å². The molecule has 3 rings (SSSR count). The third-order valence-electron chi connectivity index (χ3n) is 6.57. The minimum Gasteiger partial charge on any atom is -0.488 e. The number of carbonyl (C=O) groups is 1. The lowest BCUT2D eigenvalue weighted by Gasteiger charge is -2.45. The Balaban J connectivity index is 1.82. The molecule has 5 atom stereocenters. The minimum absolute atomic E-state index is 0.109. The number of aliphatic hydroxyl groups is 2. The van der Waals surface area contributed by atoms with Crippen molar-refractivity contribution >= 4 is 5.78 Å². The van der Waals surface area contributed by atoms with Gasteiger partial charge >= 0.3 is 0 Å². The van der Waals surface area contributed by atoms with E-state index in [1.807, 2.05) is 6.92 Å². The number of rotatable bonds is 4. The van der Waals surface area contributed by atoms with Crippen molar-refractivity contribution in [1.29, 1.82) is 0 Å². The molecular weight excluding hydrogens is 316 g/mol. The Labute approximate surface area is 151 Å². The van der Waals surface area contributed by atoms with Gasteiger partial charge < -0.3 is 14.9 Å². The average Bonchev–Trinajstić information content (AvgIpc) is 2.86. The maximum atomic E-state index is 12.4. The second-order valence-corrected chi connectivity index (χ2v) is 8.87. The van der Waals surface area contributed by atoms with E-state index in [0.29, 0.717) is 30.6 Å². The largest absolute Gasteiger partial charge is 0.488 e. The fraction of sp³-hybridized carbons (Fsp3) is 0.762. The molecule has 0 bridgehead atoms. The van der Waals surface area contributed by atoms with Gasteiger partial charge in [-0.3, -0.25) is 4.79 Å². The molecule has 2 aliphatic carbocycles. The van der Waals surface area contributed by atoms with Crippen molar-refractivity contribution in [3.63, 3.8) is 0 Å². The van der Waals surface area contributed by atoms with Crippen LogP contribution in [-0.4, -0.2) is 33.3 Å². The van der Waals surface area contributed by atoms with Gasteiger partial charge in [-0.1, -0.05) is 11.6 Å². The van der Waals surface area contributed by atoms with Crippen molar-refractivity contribution in [2.45, 2.75) is 89.9 Å². The number of allylic oxidation sites excluding steroid dienone is 3. The molecule has 1 unspecified atom stereocenters. The van der Waals surface area contributed by atoms with Crippen LogP contribution in [0.5, 0.6) is 0 Å². The van der Waals surface area contributed by atoms with Gasteiger partial charge in [0.25, 0.3) is 0 Å². The topological polar surface area (TPSA) is 66.8 Å². The Morgan fingerprint density at radius 1 is 1.40 bits per heavy atom. The van der Waals surface area contributed by atoms with Gasteiger partial charge in [0.15, 0.2) is 5.78 Å². The van der Waals surface area contributed by atoms with Crippen molar-refractivity contribution in [2.24, 2.45) is 11.8 Å². The molecule has 140 valence electrons. The smallest absolute Gasteiger partial charge is 0.162 e. The number of ether oxygens (including phenoxy) is 1.